The van der Waals surface area contributed by atoms with Crippen molar-refractivity contribution >= 4 is 17.8 Å². The first-order valence-electron chi connectivity index (χ1n) is 5.97. The topological polar surface area (TPSA) is 95.9 Å². The number of rotatable bonds is 2. The Hall–Kier alpha value is -1.63. The lowest BCUT2D eigenvalue weighted by atomic mass is 9.97. The van der Waals surface area contributed by atoms with E-state index in [1.165, 1.54) is 4.90 Å². The van der Waals surface area contributed by atoms with Gasteiger partial charge in [-0.25, -0.2) is 4.79 Å². The van der Waals surface area contributed by atoms with Crippen LogP contribution in [0.3, 0.4) is 0 Å². The highest BCUT2D eigenvalue weighted by Gasteiger charge is 2.38. The number of piperazine rings is 1. The van der Waals surface area contributed by atoms with Crippen LogP contribution in [0.5, 0.6) is 0 Å². The highest BCUT2D eigenvalue weighted by Crippen LogP contribution is 2.19. The predicted molar refractivity (Wildman–Crippen MR) is 59.7 cm³/mol. The number of carboxylic acids is 1. The van der Waals surface area contributed by atoms with Crippen molar-refractivity contribution in [2.45, 2.75) is 18.9 Å². The molecule has 7 heteroatoms. The minimum absolute atomic E-state index is 0.0247. The van der Waals surface area contributed by atoms with Crippen LogP contribution in [-0.4, -0.2) is 60.1 Å². The molecule has 100 valence electrons. The van der Waals surface area contributed by atoms with E-state index in [0.29, 0.717) is 26.1 Å². The monoisotopic (exact) mass is 256 g/mol. The van der Waals surface area contributed by atoms with E-state index in [4.69, 9.17) is 9.84 Å². The first-order chi connectivity index (χ1) is 8.59. The molecule has 1 atom stereocenters. The Morgan fingerprint density at radius 1 is 1.33 bits per heavy atom. The number of hydrogen-bond acceptors (Lipinski definition) is 4. The molecule has 2 amide bonds. The van der Waals surface area contributed by atoms with E-state index >= 15 is 0 Å². The van der Waals surface area contributed by atoms with Gasteiger partial charge >= 0.3 is 5.97 Å². The highest BCUT2D eigenvalue weighted by atomic mass is 16.5. The number of ether oxygens (including phenoxy) is 1. The van der Waals surface area contributed by atoms with Crippen LogP contribution in [0.15, 0.2) is 0 Å². The molecule has 2 rings (SSSR count). The van der Waals surface area contributed by atoms with Crippen LogP contribution >= 0.6 is 0 Å². The van der Waals surface area contributed by atoms with E-state index in [2.05, 4.69) is 5.32 Å². The summed E-state index contributed by atoms with van der Waals surface area (Å²) in [5.41, 5.74) is 0. The van der Waals surface area contributed by atoms with Gasteiger partial charge in [0.15, 0.2) is 0 Å². The van der Waals surface area contributed by atoms with Crippen LogP contribution in [0.4, 0.5) is 0 Å². The number of nitrogens with zero attached hydrogens (tertiary/aromatic N) is 1. The fourth-order valence-electron chi connectivity index (χ4n) is 2.27. The standard InChI is InChI=1S/C11H16N2O5/c14-9-6-13(8(5-12-9)11(16)17)10(15)7-1-3-18-4-2-7/h7-8H,1-6H2,(H,12,14)(H,16,17). The summed E-state index contributed by atoms with van der Waals surface area (Å²) in [5.74, 6) is -1.88. The first kappa shape index (κ1) is 12.8. The third kappa shape index (κ3) is 2.61. The van der Waals surface area contributed by atoms with E-state index in [1.54, 1.807) is 0 Å². The van der Waals surface area contributed by atoms with Gasteiger partial charge in [-0.15, -0.1) is 0 Å². The molecule has 0 spiro atoms. The van der Waals surface area contributed by atoms with Crippen molar-refractivity contribution in [2.75, 3.05) is 26.3 Å². The number of amides is 2. The summed E-state index contributed by atoms with van der Waals surface area (Å²) in [5, 5.41) is 11.5. The zero-order valence-corrected chi connectivity index (χ0v) is 9.92. The van der Waals surface area contributed by atoms with Gasteiger partial charge in [-0.05, 0) is 12.8 Å². The fraction of sp³-hybridized carbons (Fsp3) is 0.727. The zero-order valence-electron chi connectivity index (χ0n) is 9.92. The lowest BCUT2D eigenvalue weighted by Gasteiger charge is -2.35. The van der Waals surface area contributed by atoms with E-state index < -0.39 is 12.0 Å². The highest BCUT2D eigenvalue weighted by molar-refractivity contribution is 5.92. The summed E-state index contributed by atoms with van der Waals surface area (Å²) in [7, 11) is 0. The summed E-state index contributed by atoms with van der Waals surface area (Å²) < 4.78 is 5.17. The molecule has 1 unspecified atom stereocenters. The molecule has 7 nitrogen and oxygen atoms in total. The molecule has 0 aromatic carbocycles. The minimum atomic E-state index is -1.09. The van der Waals surface area contributed by atoms with E-state index in [9.17, 15) is 14.4 Å². The molecule has 2 saturated heterocycles. The van der Waals surface area contributed by atoms with Gasteiger partial charge < -0.3 is 20.1 Å². The van der Waals surface area contributed by atoms with Gasteiger partial charge in [-0.1, -0.05) is 0 Å². The molecule has 0 aromatic rings. The van der Waals surface area contributed by atoms with Crippen LogP contribution in [0.25, 0.3) is 0 Å². The van der Waals surface area contributed by atoms with E-state index in [-0.39, 0.29) is 30.8 Å². The molecule has 0 aromatic heterocycles. The summed E-state index contributed by atoms with van der Waals surface area (Å²) in [6.45, 7) is 0.818. The Labute approximate surface area is 104 Å². The number of carboxylic acid groups (broad SMARTS) is 1. The Morgan fingerprint density at radius 3 is 2.61 bits per heavy atom. The Balaban J connectivity index is 2.08. The molecule has 2 aliphatic heterocycles. The molecular formula is C11H16N2O5. The number of nitrogens with one attached hydrogen (secondary N) is 1. The van der Waals surface area contributed by atoms with Gasteiger partial charge in [0.1, 0.15) is 12.6 Å². The number of carbonyl (C=O) groups is 3. The fourth-order valence-corrected chi connectivity index (χ4v) is 2.27. The average molecular weight is 256 g/mol. The van der Waals surface area contributed by atoms with Crippen molar-refractivity contribution in [2.24, 2.45) is 5.92 Å². The number of carbonyl (C=O) groups excluding carboxylic acids is 2. The van der Waals surface area contributed by atoms with Gasteiger partial charge in [0.05, 0.1) is 0 Å². The number of hydrogen-bond donors (Lipinski definition) is 2. The molecule has 0 bridgehead atoms. The lowest BCUT2D eigenvalue weighted by molar-refractivity contribution is -0.157. The van der Waals surface area contributed by atoms with E-state index in [0.717, 1.165) is 0 Å². The second-order valence-electron chi connectivity index (χ2n) is 4.51. The van der Waals surface area contributed by atoms with Crippen molar-refractivity contribution in [1.82, 2.24) is 10.2 Å². The van der Waals surface area contributed by atoms with Crippen LogP contribution in [-0.2, 0) is 19.1 Å². The summed E-state index contributed by atoms with van der Waals surface area (Å²) in [6.07, 6.45) is 1.17. The molecule has 2 N–H and O–H groups in total. The Morgan fingerprint density at radius 2 is 2.00 bits per heavy atom. The van der Waals surface area contributed by atoms with Gasteiger partial charge in [-0.3, -0.25) is 9.59 Å². The lowest BCUT2D eigenvalue weighted by Crippen LogP contribution is -2.60. The van der Waals surface area contributed by atoms with Crippen LogP contribution in [0.1, 0.15) is 12.8 Å². The Kier molecular flexibility index (Phi) is 3.81. The summed E-state index contributed by atoms with van der Waals surface area (Å²) >= 11 is 0. The molecule has 0 saturated carbocycles. The molecule has 0 aliphatic carbocycles. The zero-order chi connectivity index (χ0) is 13.1. The maximum atomic E-state index is 12.2. The van der Waals surface area contributed by atoms with Crippen molar-refractivity contribution < 1.29 is 24.2 Å². The smallest absolute Gasteiger partial charge is 0.328 e. The normalized spacial score (nSPS) is 25.7. The average Bonchev–Trinajstić information content (AvgIpc) is 2.38. The predicted octanol–water partition coefficient (Wildman–Crippen LogP) is -1.18. The second-order valence-corrected chi connectivity index (χ2v) is 4.51. The third-order valence-corrected chi connectivity index (χ3v) is 3.32. The molecule has 2 fully saturated rings. The molecule has 2 heterocycles. The minimum Gasteiger partial charge on any atom is -0.480 e. The molecular weight excluding hydrogens is 240 g/mol. The molecule has 2 aliphatic rings. The van der Waals surface area contributed by atoms with Crippen molar-refractivity contribution in [3.8, 4) is 0 Å². The maximum absolute atomic E-state index is 12.2. The summed E-state index contributed by atoms with van der Waals surface area (Å²) in [4.78, 5) is 35.8. The van der Waals surface area contributed by atoms with Crippen LogP contribution in [0, 0.1) is 5.92 Å². The maximum Gasteiger partial charge on any atom is 0.328 e. The SMILES string of the molecule is O=C1CN(C(=O)C2CCOCC2)C(C(=O)O)CN1. The second kappa shape index (κ2) is 5.34. The van der Waals surface area contributed by atoms with Crippen molar-refractivity contribution in [3.05, 3.63) is 0 Å². The molecule has 18 heavy (non-hydrogen) atoms. The van der Waals surface area contributed by atoms with Crippen LogP contribution < -0.4 is 5.32 Å². The van der Waals surface area contributed by atoms with E-state index in [1.807, 2.05) is 0 Å². The third-order valence-electron chi connectivity index (χ3n) is 3.32. The molecule has 0 radical (unpaired) electrons. The van der Waals surface area contributed by atoms with Crippen LogP contribution in [0.2, 0.25) is 0 Å². The largest absolute Gasteiger partial charge is 0.480 e. The summed E-state index contributed by atoms with van der Waals surface area (Å²) in [6, 6.07) is -0.960. The van der Waals surface area contributed by atoms with Gasteiger partial charge in [0, 0.05) is 25.7 Å². The van der Waals surface area contributed by atoms with Crippen molar-refractivity contribution in [3.63, 3.8) is 0 Å². The number of aliphatic carboxylic acids is 1. The quantitative estimate of drug-likeness (QED) is 0.648. The van der Waals surface area contributed by atoms with Gasteiger partial charge in [0.2, 0.25) is 11.8 Å². The first-order valence-corrected chi connectivity index (χ1v) is 5.97. The van der Waals surface area contributed by atoms with Crippen molar-refractivity contribution in [1.29, 1.82) is 0 Å². The Bertz CT molecular complexity index is 364. The van der Waals surface area contributed by atoms with Gasteiger partial charge in [-0.2, -0.15) is 0 Å². The van der Waals surface area contributed by atoms with Gasteiger partial charge in [0.25, 0.3) is 0 Å².